The van der Waals surface area contributed by atoms with E-state index in [0.29, 0.717) is 17.8 Å². The Morgan fingerprint density at radius 3 is 2.75 bits per heavy atom. The molecule has 32 heavy (non-hydrogen) atoms. The monoisotopic (exact) mass is 428 g/mol. The zero-order chi connectivity index (χ0) is 22.2. The third kappa shape index (κ3) is 3.49. The Kier molecular flexibility index (Phi) is 4.89. The van der Waals surface area contributed by atoms with E-state index in [9.17, 15) is 9.18 Å². The Balaban J connectivity index is 1.33. The molecule has 1 amide bonds. The molecule has 0 saturated carbocycles. The number of nitrogens with zero attached hydrogens (tertiary/aromatic N) is 5. The predicted molar refractivity (Wildman–Crippen MR) is 120 cm³/mol. The van der Waals surface area contributed by atoms with Gasteiger partial charge in [-0.1, -0.05) is 12.1 Å². The third-order valence-electron chi connectivity index (χ3n) is 5.60. The van der Waals surface area contributed by atoms with Gasteiger partial charge in [0.25, 0.3) is 0 Å². The Morgan fingerprint density at radius 2 is 1.97 bits per heavy atom. The van der Waals surface area contributed by atoms with Crippen LogP contribution in [-0.2, 0) is 11.2 Å². The maximum absolute atomic E-state index is 14.4. The second-order valence-corrected chi connectivity index (χ2v) is 7.68. The molecule has 7 nitrogen and oxygen atoms in total. The van der Waals surface area contributed by atoms with E-state index >= 15 is 0 Å². The lowest BCUT2D eigenvalue weighted by atomic mass is 10.1. The van der Waals surface area contributed by atoms with Crippen molar-refractivity contribution in [3.8, 4) is 5.69 Å². The SMILES string of the molecule is Cc1nc2c3ccccc3nn2c(C)c1CCC(=O)Nc1ccc(-n2cccn2)c(F)c1. The van der Waals surface area contributed by atoms with Crippen LogP contribution in [0.5, 0.6) is 0 Å². The summed E-state index contributed by atoms with van der Waals surface area (Å²) < 4.78 is 17.7. The van der Waals surface area contributed by atoms with Crippen LogP contribution in [0.15, 0.2) is 60.9 Å². The van der Waals surface area contributed by atoms with Crippen molar-refractivity contribution >= 4 is 28.1 Å². The number of amides is 1. The third-order valence-corrected chi connectivity index (χ3v) is 5.60. The first-order valence-corrected chi connectivity index (χ1v) is 10.3. The van der Waals surface area contributed by atoms with Crippen LogP contribution in [0.1, 0.15) is 23.4 Å². The van der Waals surface area contributed by atoms with Crippen molar-refractivity contribution in [2.45, 2.75) is 26.7 Å². The van der Waals surface area contributed by atoms with Gasteiger partial charge in [-0.2, -0.15) is 10.2 Å². The first-order chi connectivity index (χ1) is 15.5. The van der Waals surface area contributed by atoms with E-state index in [1.807, 2.05) is 42.6 Å². The van der Waals surface area contributed by atoms with Gasteiger partial charge in [0.1, 0.15) is 5.69 Å². The molecule has 0 radical (unpaired) electrons. The molecule has 0 aliphatic heterocycles. The van der Waals surface area contributed by atoms with Gasteiger partial charge in [-0.3, -0.25) is 4.79 Å². The van der Waals surface area contributed by atoms with Crippen LogP contribution in [0.4, 0.5) is 10.1 Å². The lowest BCUT2D eigenvalue weighted by Gasteiger charge is -2.12. The Labute approximate surface area is 183 Å². The van der Waals surface area contributed by atoms with Gasteiger partial charge in [-0.15, -0.1) is 0 Å². The number of carbonyl (C=O) groups is 1. The Morgan fingerprint density at radius 1 is 1.12 bits per heavy atom. The highest BCUT2D eigenvalue weighted by atomic mass is 19.1. The van der Waals surface area contributed by atoms with E-state index in [1.54, 1.807) is 30.6 Å². The van der Waals surface area contributed by atoms with E-state index in [2.05, 4.69) is 15.5 Å². The summed E-state index contributed by atoms with van der Waals surface area (Å²) in [6, 6.07) is 14.2. The van der Waals surface area contributed by atoms with Crippen LogP contribution in [0.2, 0.25) is 0 Å². The summed E-state index contributed by atoms with van der Waals surface area (Å²) >= 11 is 0. The number of aromatic nitrogens is 5. The number of hydrogen-bond acceptors (Lipinski definition) is 4. The standard InChI is InChI=1S/C24H21FN6O/c1-15-18(16(2)31-24(27-15)19-6-3-4-7-21(19)29-31)9-11-23(32)28-17-8-10-22(20(25)14-17)30-13-5-12-26-30/h3-8,10,12-14H,9,11H2,1-2H3,(H,28,32). The molecule has 160 valence electrons. The fraction of sp³-hybridized carbons (Fsp3) is 0.167. The van der Waals surface area contributed by atoms with Gasteiger partial charge < -0.3 is 5.32 Å². The predicted octanol–water partition coefficient (Wildman–Crippen LogP) is 4.40. The van der Waals surface area contributed by atoms with Gasteiger partial charge in [0.05, 0.1) is 5.52 Å². The van der Waals surface area contributed by atoms with Crippen LogP contribution >= 0.6 is 0 Å². The summed E-state index contributed by atoms with van der Waals surface area (Å²) in [5.74, 6) is -0.653. The minimum atomic E-state index is -0.460. The molecule has 0 spiro atoms. The van der Waals surface area contributed by atoms with Crippen molar-refractivity contribution in [2.24, 2.45) is 0 Å². The number of hydrogen-bond donors (Lipinski definition) is 1. The van der Waals surface area contributed by atoms with Gasteiger partial charge in [0.2, 0.25) is 5.91 Å². The molecular weight excluding hydrogens is 407 g/mol. The fourth-order valence-electron chi connectivity index (χ4n) is 3.98. The summed E-state index contributed by atoms with van der Waals surface area (Å²) in [6.45, 7) is 3.94. The lowest BCUT2D eigenvalue weighted by molar-refractivity contribution is -0.116. The summed E-state index contributed by atoms with van der Waals surface area (Å²) in [7, 11) is 0. The number of benzene rings is 2. The Bertz CT molecular complexity index is 1450. The molecule has 3 aromatic heterocycles. The van der Waals surface area contributed by atoms with E-state index in [1.165, 1.54) is 10.7 Å². The van der Waals surface area contributed by atoms with Crippen LogP contribution in [0, 0.1) is 19.7 Å². The highest BCUT2D eigenvalue weighted by Gasteiger charge is 2.15. The Hall–Kier alpha value is -4.07. The normalized spacial score (nSPS) is 11.3. The van der Waals surface area contributed by atoms with Crippen molar-refractivity contribution in [3.05, 3.63) is 83.7 Å². The van der Waals surface area contributed by atoms with Gasteiger partial charge in [0, 0.05) is 41.3 Å². The maximum atomic E-state index is 14.4. The molecule has 0 bridgehead atoms. The van der Waals surface area contributed by atoms with E-state index in [4.69, 9.17) is 4.98 Å². The molecule has 8 heteroatoms. The number of rotatable bonds is 5. The van der Waals surface area contributed by atoms with E-state index < -0.39 is 5.82 Å². The minimum absolute atomic E-state index is 0.194. The topological polar surface area (TPSA) is 77.1 Å². The van der Waals surface area contributed by atoms with Gasteiger partial charge in [0.15, 0.2) is 11.5 Å². The number of aryl methyl sites for hydroxylation is 2. The van der Waals surface area contributed by atoms with E-state index in [0.717, 1.165) is 33.5 Å². The zero-order valence-corrected chi connectivity index (χ0v) is 17.7. The molecule has 0 fully saturated rings. The van der Waals surface area contributed by atoms with Gasteiger partial charge in [-0.25, -0.2) is 18.6 Å². The molecular formula is C24H21FN6O. The fourth-order valence-corrected chi connectivity index (χ4v) is 3.98. The summed E-state index contributed by atoms with van der Waals surface area (Å²) in [5, 5.41) is 12.5. The largest absolute Gasteiger partial charge is 0.326 e. The van der Waals surface area contributed by atoms with Crippen LogP contribution < -0.4 is 5.32 Å². The molecule has 0 aliphatic rings. The van der Waals surface area contributed by atoms with Crippen LogP contribution in [0.25, 0.3) is 22.2 Å². The second-order valence-electron chi connectivity index (χ2n) is 7.68. The first kappa shape index (κ1) is 19.9. The smallest absolute Gasteiger partial charge is 0.224 e. The summed E-state index contributed by atoms with van der Waals surface area (Å²) in [5.41, 5.74) is 5.26. The van der Waals surface area contributed by atoms with Crippen molar-refractivity contribution < 1.29 is 9.18 Å². The minimum Gasteiger partial charge on any atom is -0.326 e. The molecule has 0 unspecified atom stereocenters. The zero-order valence-electron chi connectivity index (χ0n) is 17.7. The summed E-state index contributed by atoms with van der Waals surface area (Å²) in [6.07, 6.45) is 4.00. The molecule has 0 saturated heterocycles. The number of nitrogens with one attached hydrogen (secondary N) is 1. The first-order valence-electron chi connectivity index (χ1n) is 10.3. The average Bonchev–Trinajstić information content (AvgIpc) is 3.42. The molecule has 5 aromatic rings. The van der Waals surface area contributed by atoms with Crippen LogP contribution in [-0.4, -0.2) is 30.3 Å². The quantitative estimate of drug-likeness (QED) is 0.450. The van der Waals surface area contributed by atoms with Crippen molar-refractivity contribution in [1.82, 2.24) is 24.4 Å². The number of carbonyl (C=O) groups excluding carboxylic acids is 1. The number of anilines is 1. The van der Waals surface area contributed by atoms with E-state index in [-0.39, 0.29) is 12.3 Å². The molecule has 2 aromatic carbocycles. The molecule has 3 heterocycles. The van der Waals surface area contributed by atoms with Gasteiger partial charge in [-0.05, 0) is 62.2 Å². The second kappa shape index (κ2) is 7.88. The van der Waals surface area contributed by atoms with Crippen molar-refractivity contribution in [3.63, 3.8) is 0 Å². The molecule has 0 aliphatic carbocycles. The van der Waals surface area contributed by atoms with Crippen molar-refractivity contribution in [1.29, 1.82) is 0 Å². The maximum Gasteiger partial charge on any atom is 0.224 e. The van der Waals surface area contributed by atoms with Crippen LogP contribution in [0.3, 0.4) is 0 Å². The molecule has 0 atom stereocenters. The summed E-state index contributed by atoms with van der Waals surface area (Å²) in [4.78, 5) is 17.3. The van der Waals surface area contributed by atoms with Gasteiger partial charge >= 0.3 is 0 Å². The van der Waals surface area contributed by atoms with Crippen molar-refractivity contribution in [2.75, 3.05) is 5.32 Å². The lowest BCUT2D eigenvalue weighted by Crippen LogP contribution is -2.14. The number of fused-ring (bicyclic) bond motifs is 3. The highest BCUT2D eigenvalue weighted by Crippen LogP contribution is 2.23. The average molecular weight is 428 g/mol. The number of halogens is 1. The highest BCUT2D eigenvalue weighted by molar-refractivity contribution is 5.92. The molecule has 5 rings (SSSR count). The molecule has 1 N–H and O–H groups in total.